The predicted molar refractivity (Wildman–Crippen MR) is 91.0 cm³/mol. The van der Waals surface area contributed by atoms with Gasteiger partial charge in [-0.15, -0.1) is 0 Å². The summed E-state index contributed by atoms with van der Waals surface area (Å²) in [5.41, 5.74) is 2.43. The number of hydrogen-bond donors (Lipinski definition) is 3. The summed E-state index contributed by atoms with van der Waals surface area (Å²) in [6.45, 7) is 5.81. The molecular weight excluding hydrogens is 314 g/mol. The van der Waals surface area contributed by atoms with E-state index in [9.17, 15) is 14.7 Å². The first kappa shape index (κ1) is 17.1. The Morgan fingerprint density at radius 1 is 1.43 bits per heavy atom. The zero-order valence-corrected chi connectivity index (χ0v) is 14.0. The number of thioether (sulfide) groups is 1. The van der Waals surface area contributed by atoms with Gasteiger partial charge in [0.1, 0.15) is 0 Å². The van der Waals surface area contributed by atoms with Gasteiger partial charge in [-0.2, -0.15) is 4.98 Å². The standard InChI is InChI=1S/C16H19N3O3S/c1-4-12(23-16-18-13(20)8-14(21)19-16)15(22)17-11-7-5-6-9(2)10(11)3/h5-8,12H,4H2,1-3H3,(H,17,22)(H2,18,19,20,21). The third-order valence-corrected chi connectivity index (χ3v) is 4.73. The third-order valence-electron chi connectivity index (χ3n) is 3.49. The molecule has 2 rings (SSSR count). The van der Waals surface area contributed by atoms with E-state index in [1.165, 1.54) is 0 Å². The van der Waals surface area contributed by atoms with Crippen LogP contribution in [0.25, 0.3) is 0 Å². The van der Waals surface area contributed by atoms with Gasteiger partial charge in [0.05, 0.1) is 11.3 Å². The molecule has 0 saturated carbocycles. The van der Waals surface area contributed by atoms with Crippen molar-refractivity contribution in [1.29, 1.82) is 0 Å². The number of carbonyl (C=O) groups excluding carboxylic acids is 1. The smallest absolute Gasteiger partial charge is 0.255 e. The minimum atomic E-state index is -0.454. The molecule has 0 saturated heterocycles. The van der Waals surface area contributed by atoms with Gasteiger partial charge in [0.2, 0.25) is 11.8 Å². The number of aromatic nitrogens is 2. The van der Waals surface area contributed by atoms with Crippen molar-refractivity contribution < 1.29 is 9.90 Å². The Labute approximate surface area is 138 Å². The van der Waals surface area contributed by atoms with Crippen LogP contribution in [0.3, 0.4) is 0 Å². The first-order valence-corrected chi connectivity index (χ1v) is 8.12. The highest BCUT2D eigenvalue weighted by Gasteiger charge is 2.20. The molecule has 0 spiro atoms. The monoisotopic (exact) mass is 333 g/mol. The van der Waals surface area contributed by atoms with Crippen LogP contribution in [-0.4, -0.2) is 26.2 Å². The zero-order chi connectivity index (χ0) is 17.0. The second-order valence-corrected chi connectivity index (χ2v) is 6.35. The summed E-state index contributed by atoms with van der Waals surface area (Å²) in [6, 6.07) is 6.71. The Morgan fingerprint density at radius 3 is 2.83 bits per heavy atom. The van der Waals surface area contributed by atoms with Crippen LogP contribution in [0.15, 0.2) is 34.2 Å². The van der Waals surface area contributed by atoms with Gasteiger partial charge in [-0.05, 0) is 37.5 Å². The van der Waals surface area contributed by atoms with Crippen molar-refractivity contribution in [2.45, 2.75) is 37.6 Å². The van der Waals surface area contributed by atoms with E-state index in [2.05, 4.69) is 15.3 Å². The molecule has 0 aliphatic carbocycles. The lowest BCUT2D eigenvalue weighted by atomic mass is 10.1. The van der Waals surface area contributed by atoms with Gasteiger partial charge in [-0.1, -0.05) is 30.8 Å². The van der Waals surface area contributed by atoms with Crippen LogP contribution in [0.5, 0.6) is 5.88 Å². The summed E-state index contributed by atoms with van der Waals surface area (Å²) in [4.78, 5) is 30.2. The fourth-order valence-electron chi connectivity index (χ4n) is 2.04. The maximum Gasteiger partial charge on any atom is 0.255 e. The van der Waals surface area contributed by atoms with Gasteiger partial charge in [0.15, 0.2) is 5.16 Å². The average molecular weight is 333 g/mol. The number of rotatable bonds is 5. The number of carbonyl (C=O) groups is 1. The molecule has 0 aliphatic heterocycles. The molecule has 122 valence electrons. The average Bonchev–Trinajstić information content (AvgIpc) is 2.48. The molecule has 1 amide bonds. The van der Waals surface area contributed by atoms with Crippen LogP contribution < -0.4 is 10.9 Å². The predicted octanol–water partition coefficient (Wildman–Crippen LogP) is 2.60. The minimum Gasteiger partial charge on any atom is -0.493 e. The number of H-pyrrole nitrogens is 1. The molecule has 3 N–H and O–H groups in total. The fourth-order valence-corrected chi connectivity index (χ4v) is 2.94. The normalized spacial score (nSPS) is 12.0. The van der Waals surface area contributed by atoms with E-state index < -0.39 is 10.8 Å². The van der Waals surface area contributed by atoms with Crippen LogP contribution in [0, 0.1) is 13.8 Å². The van der Waals surface area contributed by atoms with Crippen molar-refractivity contribution in [1.82, 2.24) is 9.97 Å². The molecule has 1 unspecified atom stereocenters. The lowest BCUT2D eigenvalue weighted by molar-refractivity contribution is -0.115. The van der Waals surface area contributed by atoms with Crippen molar-refractivity contribution in [3.63, 3.8) is 0 Å². The quantitative estimate of drug-likeness (QED) is 0.577. The summed E-state index contributed by atoms with van der Waals surface area (Å²) < 4.78 is 0. The molecular formula is C16H19N3O3S. The van der Waals surface area contributed by atoms with Crippen molar-refractivity contribution >= 4 is 23.4 Å². The molecule has 7 heteroatoms. The molecule has 23 heavy (non-hydrogen) atoms. The molecule has 1 atom stereocenters. The highest BCUT2D eigenvalue weighted by atomic mass is 32.2. The summed E-state index contributed by atoms with van der Waals surface area (Å²) in [7, 11) is 0. The number of nitrogens with one attached hydrogen (secondary N) is 2. The first-order valence-electron chi connectivity index (χ1n) is 7.24. The largest absolute Gasteiger partial charge is 0.493 e. The van der Waals surface area contributed by atoms with E-state index in [4.69, 9.17) is 0 Å². The number of aryl methyl sites for hydroxylation is 1. The number of hydrogen-bond acceptors (Lipinski definition) is 5. The molecule has 0 aliphatic rings. The second-order valence-electron chi connectivity index (χ2n) is 5.16. The molecule has 0 fully saturated rings. The zero-order valence-electron chi connectivity index (χ0n) is 13.2. The number of nitrogens with zero attached hydrogens (tertiary/aromatic N) is 1. The summed E-state index contributed by atoms with van der Waals surface area (Å²) in [5.74, 6) is -0.529. The Balaban J connectivity index is 2.15. The topological polar surface area (TPSA) is 95.1 Å². The molecule has 0 bridgehead atoms. The van der Waals surface area contributed by atoms with Gasteiger partial charge in [-0.3, -0.25) is 9.59 Å². The van der Waals surface area contributed by atoms with E-state index in [1.807, 2.05) is 39.0 Å². The molecule has 1 aromatic heterocycles. The maximum atomic E-state index is 12.5. The van der Waals surface area contributed by atoms with Gasteiger partial charge in [-0.25, -0.2) is 0 Å². The van der Waals surface area contributed by atoms with E-state index >= 15 is 0 Å². The molecule has 1 heterocycles. The maximum absolute atomic E-state index is 12.5. The molecule has 2 aromatic rings. The number of benzene rings is 1. The lowest BCUT2D eigenvalue weighted by Crippen LogP contribution is -2.25. The van der Waals surface area contributed by atoms with Crippen molar-refractivity contribution in [3.05, 3.63) is 45.7 Å². The number of aromatic amines is 1. The Kier molecular flexibility index (Phi) is 5.44. The minimum absolute atomic E-state index is 0.169. The van der Waals surface area contributed by atoms with Gasteiger partial charge >= 0.3 is 0 Å². The fraction of sp³-hybridized carbons (Fsp3) is 0.312. The highest BCUT2D eigenvalue weighted by Crippen LogP contribution is 2.25. The van der Waals surface area contributed by atoms with Crippen molar-refractivity contribution in [2.24, 2.45) is 0 Å². The molecule has 1 aromatic carbocycles. The third kappa shape index (κ3) is 4.35. The van der Waals surface area contributed by atoms with Crippen LogP contribution in [0.4, 0.5) is 5.69 Å². The summed E-state index contributed by atoms with van der Waals surface area (Å²) in [6.07, 6.45) is 0.556. The first-order chi connectivity index (χ1) is 10.9. The second kappa shape index (κ2) is 7.32. The van der Waals surface area contributed by atoms with E-state index in [1.54, 1.807) is 0 Å². The van der Waals surface area contributed by atoms with Crippen LogP contribution in [-0.2, 0) is 4.79 Å². The van der Waals surface area contributed by atoms with Gasteiger partial charge in [0.25, 0.3) is 5.56 Å². The Morgan fingerprint density at radius 2 is 2.17 bits per heavy atom. The Hall–Kier alpha value is -2.28. The highest BCUT2D eigenvalue weighted by molar-refractivity contribution is 8.00. The molecule has 0 radical (unpaired) electrons. The van der Waals surface area contributed by atoms with Gasteiger partial charge < -0.3 is 15.4 Å². The number of aromatic hydroxyl groups is 1. The van der Waals surface area contributed by atoms with Crippen molar-refractivity contribution in [3.8, 4) is 5.88 Å². The lowest BCUT2D eigenvalue weighted by Gasteiger charge is -2.16. The molecule has 6 nitrogen and oxygen atoms in total. The van der Waals surface area contributed by atoms with Crippen molar-refractivity contribution in [2.75, 3.05) is 5.32 Å². The van der Waals surface area contributed by atoms with E-state index in [0.717, 1.165) is 34.6 Å². The number of anilines is 1. The number of amides is 1. The SMILES string of the molecule is CCC(Sc1nc(O)cc(=O)[nH]1)C(=O)Nc1cccc(C)c1C. The van der Waals surface area contributed by atoms with Crippen LogP contribution >= 0.6 is 11.8 Å². The van der Waals surface area contributed by atoms with Crippen LogP contribution in [0.2, 0.25) is 0 Å². The van der Waals surface area contributed by atoms with E-state index in [-0.39, 0.29) is 16.9 Å². The Bertz CT molecular complexity index is 773. The van der Waals surface area contributed by atoms with Crippen LogP contribution in [0.1, 0.15) is 24.5 Å². The van der Waals surface area contributed by atoms with Gasteiger partial charge in [0, 0.05) is 5.69 Å². The van der Waals surface area contributed by atoms with E-state index in [0.29, 0.717) is 6.42 Å². The summed E-state index contributed by atoms with van der Waals surface area (Å²) in [5, 5.41) is 12.1. The summed E-state index contributed by atoms with van der Waals surface area (Å²) >= 11 is 1.12.